The lowest BCUT2D eigenvalue weighted by Crippen LogP contribution is -2.22. The van der Waals surface area contributed by atoms with Crippen molar-refractivity contribution >= 4 is 38.7 Å². The van der Waals surface area contributed by atoms with Crippen molar-refractivity contribution in [2.24, 2.45) is 5.10 Å². The van der Waals surface area contributed by atoms with Crippen LogP contribution < -0.4 is 19.4 Å². The maximum Gasteiger partial charge on any atom is 0.280 e. The van der Waals surface area contributed by atoms with Crippen molar-refractivity contribution in [1.82, 2.24) is 0 Å². The van der Waals surface area contributed by atoms with Crippen LogP contribution in [0.5, 0.6) is 5.75 Å². The standard InChI is InChI=1S/C28H26N4O4S/c1-4-31-25-7-5-6-8-26(25)36-27(31)18-17-24-20(3)29-32(28(24)33)22-13-15-23(16-14-22)37(34,35)30-21-11-9-19(2)10-12-21/h5-18,30H,4H2,1-3H3/b24-17+,27-18-. The van der Waals surface area contributed by atoms with Crippen molar-refractivity contribution < 1.29 is 17.9 Å². The zero-order valence-electron chi connectivity index (χ0n) is 20.7. The molecule has 0 aromatic heterocycles. The van der Waals surface area contributed by atoms with Gasteiger partial charge in [-0.3, -0.25) is 9.52 Å². The van der Waals surface area contributed by atoms with Gasteiger partial charge in [0.25, 0.3) is 15.9 Å². The Morgan fingerprint density at radius 3 is 2.35 bits per heavy atom. The summed E-state index contributed by atoms with van der Waals surface area (Å²) >= 11 is 0. The average Bonchev–Trinajstić information content (AvgIpc) is 3.39. The molecule has 1 N–H and O–H groups in total. The number of para-hydroxylation sites is 2. The minimum absolute atomic E-state index is 0.0854. The lowest BCUT2D eigenvalue weighted by atomic mass is 10.1. The molecule has 2 heterocycles. The molecular weight excluding hydrogens is 488 g/mol. The van der Waals surface area contributed by atoms with Gasteiger partial charge in [0.15, 0.2) is 5.75 Å². The number of hydrazone groups is 1. The largest absolute Gasteiger partial charge is 0.439 e. The fraction of sp³-hybridized carbons (Fsp3) is 0.143. The minimum atomic E-state index is -3.78. The molecule has 0 atom stereocenters. The first-order valence-corrected chi connectivity index (χ1v) is 13.3. The number of rotatable bonds is 6. The van der Waals surface area contributed by atoms with Crippen LogP contribution in [0.2, 0.25) is 0 Å². The number of nitrogens with one attached hydrogen (secondary N) is 1. The van der Waals surface area contributed by atoms with Crippen LogP contribution in [0.15, 0.2) is 106 Å². The summed E-state index contributed by atoms with van der Waals surface area (Å²) in [4.78, 5) is 15.3. The van der Waals surface area contributed by atoms with Crippen molar-refractivity contribution in [1.29, 1.82) is 0 Å². The van der Waals surface area contributed by atoms with E-state index in [9.17, 15) is 13.2 Å². The summed E-state index contributed by atoms with van der Waals surface area (Å²) in [6.07, 6.45) is 3.47. The number of aryl methyl sites for hydroxylation is 1. The molecule has 0 fully saturated rings. The molecule has 188 valence electrons. The van der Waals surface area contributed by atoms with Gasteiger partial charge in [-0.2, -0.15) is 10.1 Å². The third-order valence-electron chi connectivity index (χ3n) is 6.10. The smallest absolute Gasteiger partial charge is 0.280 e. The van der Waals surface area contributed by atoms with Gasteiger partial charge in [-0.25, -0.2) is 8.42 Å². The molecule has 0 spiro atoms. The number of hydrogen-bond donors (Lipinski definition) is 1. The van der Waals surface area contributed by atoms with E-state index in [4.69, 9.17) is 4.74 Å². The monoisotopic (exact) mass is 514 g/mol. The number of hydrogen-bond acceptors (Lipinski definition) is 6. The molecule has 0 radical (unpaired) electrons. The zero-order valence-corrected chi connectivity index (χ0v) is 21.5. The van der Waals surface area contributed by atoms with E-state index in [0.29, 0.717) is 35.1 Å². The van der Waals surface area contributed by atoms with Gasteiger partial charge in [-0.05, 0) is 81.5 Å². The van der Waals surface area contributed by atoms with Crippen LogP contribution in [-0.4, -0.2) is 26.6 Å². The molecule has 3 aromatic rings. The highest BCUT2D eigenvalue weighted by Gasteiger charge is 2.30. The Morgan fingerprint density at radius 1 is 0.946 bits per heavy atom. The van der Waals surface area contributed by atoms with E-state index in [-0.39, 0.29) is 10.8 Å². The summed E-state index contributed by atoms with van der Waals surface area (Å²) in [6.45, 7) is 6.43. The van der Waals surface area contributed by atoms with Gasteiger partial charge in [0.2, 0.25) is 5.88 Å². The van der Waals surface area contributed by atoms with Crippen LogP contribution >= 0.6 is 0 Å². The summed E-state index contributed by atoms with van der Waals surface area (Å²) in [5.41, 5.74) is 3.94. The summed E-state index contributed by atoms with van der Waals surface area (Å²) < 4.78 is 34.1. The van der Waals surface area contributed by atoms with Gasteiger partial charge in [0.05, 0.1) is 27.6 Å². The normalized spacial score (nSPS) is 17.3. The molecule has 8 nitrogen and oxygen atoms in total. The molecule has 5 rings (SSSR count). The van der Waals surface area contributed by atoms with Crippen LogP contribution in [-0.2, 0) is 14.8 Å². The maximum atomic E-state index is 13.2. The van der Waals surface area contributed by atoms with Gasteiger partial charge in [-0.15, -0.1) is 0 Å². The van der Waals surface area contributed by atoms with Gasteiger partial charge >= 0.3 is 0 Å². The number of anilines is 3. The van der Waals surface area contributed by atoms with Crippen molar-refractivity contribution in [3.8, 4) is 5.75 Å². The van der Waals surface area contributed by atoms with Gasteiger partial charge in [-0.1, -0.05) is 29.8 Å². The first kappa shape index (κ1) is 24.3. The van der Waals surface area contributed by atoms with Crippen molar-refractivity contribution in [3.05, 3.63) is 102 Å². The molecule has 0 saturated heterocycles. The van der Waals surface area contributed by atoms with Crippen LogP contribution in [0.4, 0.5) is 17.1 Å². The van der Waals surface area contributed by atoms with Crippen molar-refractivity contribution in [2.45, 2.75) is 25.7 Å². The fourth-order valence-corrected chi connectivity index (χ4v) is 5.20. The topological polar surface area (TPSA) is 91.3 Å². The molecule has 37 heavy (non-hydrogen) atoms. The highest BCUT2D eigenvalue weighted by molar-refractivity contribution is 7.92. The van der Waals surface area contributed by atoms with Crippen LogP contribution in [0.1, 0.15) is 19.4 Å². The average molecular weight is 515 g/mol. The quantitative estimate of drug-likeness (QED) is 0.456. The molecule has 2 aliphatic heterocycles. The lowest BCUT2D eigenvalue weighted by Gasteiger charge is -2.15. The third kappa shape index (κ3) is 4.73. The molecule has 0 saturated carbocycles. The van der Waals surface area contributed by atoms with Crippen LogP contribution in [0.25, 0.3) is 0 Å². The Hall–Kier alpha value is -4.37. The first-order chi connectivity index (χ1) is 17.8. The molecular formula is C28H26N4O4S. The number of sulfonamides is 1. The second-order valence-corrected chi connectivity index (χ2v) is 10.3. The van der Waals surface area contributed by atoms with Gasteiger partial charge in [0.1, 0.15) is 0 Å². The Balaban J connectivity index is 1.33. The number of amides is 1. The van der Waals surface area contributed by atoms with E-state index in [1.807, 2.05) is 55.1 Å². The molecule has 1 amide bonds. The molecule has 0 unspecified atom stereocenters. The Bertz CT molecular complexity index is 1560. The molecule has 2 aliphatic rings. The second kappa shape index (κ2) is 9.59. The van der Waals surface area contributed by atoms with Crippen molar-refractivity contribution in [2.75, 3.05) is 21.2 Å². The van der Waals surface area contributed by atoms with E-state index in [1.165, 1.54) is 17.1 Å². The van der Waals surface area contributed by atoms with Crippen LogP contribution in [0.3, 0.4) is 0 Å². The fourth-order valence-electron chi connectivity index (χ4n) is 4.14. The predicted molar refractivity (Wildman–Crippen MR) is 145 cm³/mol. The van der Waals surface area contributed by atoms with Gasteiger partial charge < -0.3 is 9.64 Å². The number of benzene rings is 3. The third-order valence-corrected chi connectivity index (χ3v) is 7.50. The first-order valence-electron chi connectivity index (χ1n) is 11.8. The number of nitrogens with zero attached hydrogens (tertiary/aromatic N) is 3. The number of allylic oxidation sites excluding steroid dienone is 2. The highest BCUT2D eigenvalue weighted by Crippen LogP contribution is 2.38. The molecule has 0 aliphatic carbocycles. The van der Waals surface area contributed by atoms with E-state index in [2.05, 4.69) is 9.82 Å². The Morgan fingerprint density at radius 2 is 1.65 bits per heavy atom. The second-order valence-electron chi connectivity index (χ2n) is 8.67. The lowest BCUT2D eigenvalue weighted by molar-refractivity contribution is -0.114. The van der Waals surface area contributed by atoms with Gasteiger partial charge in [0, 0.05) is 12.2 Å². The molecule has 9 heteroatoms. The minimum Gasteiger partial charge on any atom is -0.439 e. The highest BCUT2D eigenvalue weighted by atomic mass is 32.2. The number of fused-ring (bicyclic) bond motifs is 1. The van der Waals surface area contributed by atoms with E-state index in [1.54, 1.807) is 43.3 Å². The molecule has 0 bridgehead atoms. The SMILES string of the molecule is CCN1/C(=C/C=C2/C(=O)N(c3ccc(S(=O)(=O)Nc4ccc(C)cc4)cc3)N=C2C)Oc2ccccc21. The van der Waals surface area contributed by atoms with E-state index in [0.717, 1.165) is 17.0 Å². The Labute approximate surface area is 216 Å². The number of carbonyl (C=O) groups excluding carboxylic acids is 1. The van der Waals surface area contributed by atoms with E-state index >= 15 is 0 Å². The zero-order chi connectivity index (χ0) is 26.2. The summed E-state index contributed by atoms with van der Waals surface area (Å²) in [6, 6.07) is 20.9. The van der Waals surface area contributed by atoms with Crippen LogP contribution in [0, 0.1) is 6.92 Å². The molecule has 3 aromatic carbocycles. The predicted octanol–water partition coefficient (Wildman–Crippen LogP) is 5.21. The number of carbonyl (C=O) groups is 1. The summed E-state index contributed by atoms with van der Waals surface area (Å²) in [7, 11) is -3.78. The van der Waals surface area contributed by atoms with E-state index < -0.39 is 10.0 Å². The Kier molecular flexibility index (Phi) is 6.31. The summed E-state index contributed by atoms with van der Waals surface area (Å²) in [5, 5.41) is 5.67. The number of ether oxygens (including phenoxy) is 1. The summed E-state index contributed by atoms with van der Waals surface area (Å²) in [5.74, 6) is 1.10. The van der Waals surface area contributed by atoms with Crippen molar-refractivity contribution in [3.63, 3.8) is 0 Å². The maximum absolute atomic E-state index is 13.2.